The fourth-order valence-corrected chi connectivity index (χ4v) is 2.35. The monoisotopic (exact) mass is 182 g/mol. The normalized spacial score (nSPS) is 19.0. The molecule has 3 heteroatoms. The first-order valence-electron chi connectivity index (χ1n) is 3.97. The molecule has 12 heavy (non-hydrogen) atoms. The van der Waals surface area contributed by atoms with Gasteiger partial charge in [-0.1, -0.05) is 0 Å². The van der Waals surface area contributed by atoms with Crippen LogP contribution in [0.25, 0.3) is 0 Å². The SMILES string of the molecule is O=C(O)CC1(c2ccsc2)CC1. The molecule has 0 unspecified atom stereocenters. The molecule has 0 saturated heterocycles. The van der Waals surface area contributed by atoms with Gasteiger partial charge >= 0.3 is 5.97 Å². The number of carboxylic acids is 1. The van der Waals surface area contributed by atoms with E-state index in [1.165, 1.54) is 5.56 Å². The van der Waals surface area contributed by atoms with Crippen molar-refractivity contribution in [3.8, 4) is 0 Å². The molecule has 64 valence electrons. The van der Waals surface area contributed by atoms with Crippen molar-refractivity contribution in [3.63, 3.8) is 0 Å². The van der Waals surface area contributed by atoms with Crippen molar-refractivity contribution in [1.82, 2.24) is 0 Å². The summed E-state index contributed by atoms with van der Waals surface area (Å²) in [6, 6.07) is 2.04. The Hall–Kier alpha value is -0.830. The smallest absolute Gasteiger partial charge is 0.304 e. The van der Waals surface area contributed by atoms with Gasteiger partial charge in [-0.05, 0) is 35.2 Å². The van der Waals surface area contributed by atoms with Crippen molar-refractivity contribution in [2.45, 2.75) is 24.7 Å². The summed E-state index contributed by atoms with van der Waals surface area (Å²) in [5, 5.41) is 12.8. The Morgan fingerprint density at radius 1 is 1.67 bits per heavy atom. The average Bonchev–Trinajstić information content (AvgIpc) is 2.61. The standard InChI is InChI=1S/C9H10O2S/c10-8(11)5-9(2-3-9)7-1-4-12-6-7/h1,4,6H,2-3,5H2,(H,10,11). The average molecular weight is 182 g/mol. The molecule has 0 atom stereocenters. The highest BCUT2D eigenvalue weighted by molar-refractivity contribution is 7.08. The number of rotatable bonds is 3. The van der Waals surface area contributed by atoms with Crippen molar-refractivity contribution >= 4 is 17.3 Å². The largest absolute Gasteiger partial charge is 0.481 e. The van der Waals surface area contributed by atoms with E-state index in [9.17, 15) is 4.79 Å². The van der Waals surface area contributed by atoms with Gasteiger partial charge in [0, 0.05) is 5.41 Å². The minimum absolute atomic E-state index is 0.00579. The Balaban J connectivity index is 2.17. The fraction of sp³-hybridized carbons (Fsp3) is 0.444. The summed E-state index contributed by atoms with van der Waals surface area (Å²) in [5.74, 6) is -0.682. The summed E-state index contributed by atoms with van der Waals surface area (Å²) >= 11 is 1.64. The number of carboxylic acid groups (broad SMARTS) is 1. The molecule has 1 aliphatic rings. The maximum atomic E-state index is 10.6. The molecule has 0 amide bonds. The number of carbonyl (C=O) groups is 1. The molecule has 2 rings (SSSR count). The molecule has 1 heterocycles. The lowest BCUT2D eigenvalue weighted by Gasteiger charge is -2.08. The Kier molecular flexibility index (Phi) is 1.68. The predicted octanol–water partition coefficient (Wildman–Crippen LogP) is 2.25. The summed E-state index contributed by atoms with van der Waals surface area (Å²) in [4.78, 5) is 10.6. The molecule has 1 aromatic heterocycles. The topological polar surface area (TPSA) is 37.3 Å². The molecule has 0 aromatic carbocycles. The van der Waals surface area contributed by atoms with Gasteiger partial charge in [0.1, 0.15) is 0 Å². The van der Waals surface area contributed by atoms with E-state index in [1.807, 2.05) is 11.4 Å². The molecule has 1 aromatic rings. The summed E-state index contributed by atoms with van der Waals surface area (Å²) < 4.78 is 0. The van der Waals surface area contributed by atoms with Gasteiger partial charge in [0.05, 0.1) is 6.42 Å². The predicted molar refractivity (Wildman–Crippen MR) is 47.5 cm³/mol. The van der Waals surface area contributed by atoms with E-state index in [1.54, 1.807) is 11.3 Å². The lowest BCUT2D eigenvalue weighted by molar-refractivity contribution is -0.137. The molecule has 0 radical (unpaired) electrons. The van der Waals surface area contributed by atoms with E-state index in [0.29, 0.717) is 6.42 Å². The Bertz CT molecular complexity index is 285. The van der Waals surface area contributed by atoms with Gasteiger partial charge in [0.15, 0.2) is 0 Å². The molecule has 1 saturated carbocycles. The summed E-state index contributed by atoms with van der Waals surface area (Å²) in [7, 11) is 0. The van der Waals surface area contributed by atoms with Crippen molar-refractivity contribution in [2.24, 2.45) is 0 Å². The van der Waals surface area contributed by atoms with Crippen LogP contribution in [0.5, 0.6) is 0 Å². The van der Waals surface area contributed by atoms with Crippen LogP contribution >= 0.6 is 11.3 Å². The first-order valence-corrected chi connectivity index (χ1v) is 4.92. The minimum atomic E-state index is -0.682. The second-order valence-corrected chi connectivity index (χ2v) is 4.14. The van der Waals surface area contributed by atoms with Crippen LogP contribution in [0.15, 0.2) is 16.8 Å². The van der Waals surface area contributed by atoms with Crippen LogP contribution in [-0.4, -0.2) is 11.1 Å². The highest BCUT2D eigenvalue weighted by Gasteiger charge is 2.46. The maximum Gasteiger partial charge on any atom is 0.304 e. The second kappa shape index (κ2) is 2.59. The zero-order chi connectivity index (χ0) is 8.60. The van der Waals surface area contributed by atoms with Gasteiger partial charge in [0.2, 0.25) is 0 Å². The lowest BCUT2D eigenvalue weighted by Crippen LogP contribution is -2.11. The fourth-order valence-electron chi connectivity index (χ4n) is 1.57. The molecule has 0 bridgehead atoms. The van der Waals surface area contributed by atoms with E-state index < -0.39 is 5.97 Å². The third-order valence-electron chi connectivity index (χ3n) is 2.48. The Labute approximate surface area is 74.8 Å². The van der Waals surface area contributed by atoms with Crippen LogP contribution in [0.3, 0.4) is 0 Å². The maximum absolute atomic E-state index is 10.6. The molecule has 1 N–H and O–H groups in total. The molecular weight excluding hydrogens is 172 g/mol. The van der Waals surface area contributed by atoms with Crippen LogP contribution < -0.4 is 0 Å². The van der Waals surface area contributed by atoms with Crippen LogP contribution in [0.4, 0.5) is 0 Å². The van der Waals surface area contributed by atoms with Gasteiger partial charge in [-0.25, -0.2) is 0 Å². The molecular formula is C9H10O2S. The molecule has 0 spiro atoms. The van der Waals surface area contributed by atoms with Crippen molar-refractivity contribution in [2.75, 3.05) is 0 Å². The van der Waals surface area contributed by atoms with Gasteiger partial charge in [0.25, 0.3) is 0 Å². The second-order valence-electron chi connectivity index (χ2n) is 3.36. The van der Waals surface area contributed by atoms with Gasteiger partial charge in [-0.15, -0.1) is 0 Å². The van der Waals surface area contributed by atoms with E-state index in [0.717, 1.165) is 12.8 Å². The Morgan fingerprint density at radius 3 is 2.83 bits per heavy atom. The van der Waals surface area contributed by atoms with Crippen molar-refractivity contribution in [1.29, 1.82) is 0 Å². The lowest BCUT2D eigenvalue weighted by atomic mass is 9.95. The number of hydrogen-bond acceptors (Lipinski definition) is 2. The summed E-state index contributed by atoms with van der Waals surface area (Å²) in [6.07, 6.45) is 2.37. The molecule has 1 fully saturated rings. The zero-order valence-corrected chi connectivity index (χ0v) is 7.43. The van der Waals surface area contributed by atoms with E-state index in [-0.39, 0.29) is 5.41 Å². The highest BCUT2D eigenvalue weighted by atomic mass is 32.1. The molecule has 1 aliphatic carbocycles. The van der Waals surface area contributed by atoms with Gasteiger partial charge in [-0.2, -0.15) is 11.3 Å². The van der Waals surface area contributed by atoms with E-state index in [2.05, 4.69) is 5.38 Å². The summed E-state index contributed by atoms with van der Waals surface area (Å²) in [6.45, 7) is 0. The minimum Gasteiger partial charge on any atom is -0.481 e. The first-order chi connectivity index (χ1) is 5.73. The first kappa shape index (κ1) is 7.80. The van der Waals surface area contributed by atoms with Gasteiger partial charge in [-0.3, -0.25) is 4.79 Å². The van der Waals surface area contributed by atoms with Crippen LogP contribution in [-0.2, 0) is 10.2 Å². The summed E-state index contributed by atoms with van der Waals surface area (Å²) in [5.41, 5.74) is 1.22. The van der Waals surface area contributed by atoms with Crippen LogP contribution in [0.1, 0.15) is 24.8 Å². The molecule has 2 nitrogen and oxygen atoms in total. The van der Waals surface area contributed by atoms with Crippen LogP contribution in [0.2, 0.25) is 0 Å². The van der Waals surface area contributed by atoms with E-state index in [4.69, 9.17) is 5.11 Å². The van der Waals surface area contributed by atoms with E-state index >= 15 is 0 Å². The zero-order valence-electron chi connectivity index (χ0n) is 6.62. The van der Waals surface area contributed by atoms with Gasteiger partial charge < -0.3 is 5.11 Å². The number of aliphatic carboxylic acids is 1. The number of thiophene rings is 1. The third-order valence-corrected chi connectivity index (χ3v) is 3.16. The Morgan fingerprint density at radius 2 is 2.42 bits per heavy atom. The molecule has 0 aliphatic heterocycles. The quantitative estimate of drug-likeness (QED) is 0.778. The van der Waals surface area contributed by atoms with Crippen molar-refractivity contribution < 1.29 is 9.90 Å². The number of hydrogen-bond donors (Lipinski definition) is 1. The third kappa shape index (κ3) is 1.25. The highest BCUT2D eigenvalue weighted by Crippen LogP contribution is 2.51. The van der Waals surface area contributed by atoms with Crippen molar-refractivity contribution in [3.05, 3.63) is 22.4 Å². The van der Waals surface area contributed by atoms with Crippen LogP contribution in [0, 0.1) is 0 Å².